The molecule has 0 atom stereocenters. The highest BCUT2D eigenvalue weighted by Gasteiger charge is 2.20. The Morgan fingerprint density at radius 3 is 1.70 bits per heavy atom. The van der Waals surface area contributed by atoms with Crippen molar-refractivity contribution in [2.45, 2.75) is 0 Å². The lowest BCUT2D eigenvalue weighted by atomic mass is 9.94. The minimum absolute atomic E-state index is 0.904. The molecule has 286 valence electrons. The third kappa shape index (κ3) is 6.01. The average molecular weight is 796 g/mol. The van der Waals surface area contributed by atoms with E-state index in [1.54, 1.807) is 0 Å². The van der Waals surface area contributed by atoms with Crippen molar-refractivity contribution < 1.29 is 4.42 Å². The fourth-order valence-electron chi connectivity index (χ4n) is 9.20. The van der Waals surface area contributed by atoms with Gasteiger partial charge in [-0.05, 0) is 92.7 Å². The first kappa shape index (κ1) is 35.2. The maximum atomic E-state index is 6.47. The predicted molar refractivity (Wildman–Crippen MR) is 261 cm³/mol. The van der Waals surface area contributed by atoms with Crippen LogP contribution in [0.1, 0.15) is 0 Å². The summed E-state index contributed by atoms with van der Waals surface area (Å²) in [6, 6.07) is 81.1. The molecule has 2 nitrogen and oxygen atoms in total. The SMILES string of the molecule is c1cc(-c2ccccc2N(c2ccc(-c3cccc4c3oc3ccccc34)cc2)c2ccc(-c3cccc4c3sc3ccccc34)cc2)cc(-c2cccc3ccccc23)c1. The lowest BCUT2D eigenvalue weighted by molar-refractivity contribution is 0.670. The molecule has 2 aromatic heterocycles. The molecular formula is C58H37NOS. The Kier molecular flexibility index (Phi) is 8.39. The molecule has 0 aliphatic heterocycles. The average Bonchev–Trinajstić information content (AvgIpc) is 3.91. The number of para-hydroxylation sites is 3. The van der Waals surface area contributed by atoms with Crippen LogP contribution in [0.4, 0.5) is 17.1 Å². The first-order valence-corrected chi connectivity index (χ1v) is 21.6. The summed E-state index contributed by atoms with van der Waals surface area (Å²) in [5.41, 5.74) is 14.4. The molecule has 0 spiro atoms. The van der Waals surface area contributed by atoms with Crippen molar-refractivity contribution in [3.8, 4) is 44.5 Å². The summed E-state index contributed by atoms with van der Waals surface area (Å²) in [5.74, 6) is 0. The van der Waals surface area contributed by atoms with Gasteiger partial charge in [0.15, 0.2) is 0 Å². The standard InChI is InChI=1S/C58H37NOS/c1-2-17-45-38(13-1)14-10-21-46(45)41-15-9-16-42(37-41)47-18-3-6-26-54(47)59(43-33-29-39(30-34-43)48-22-11-24-52-50-19-4-7-27-55(50)60-57(48)52)44-35-31-40(32-36-44)49-23-12-25-53-51-20-5-8-28-56(51)61-58(49)53/h1-37H. The van der Waals surface area contributed by atoms with Crippen molar-refractivity contribution in [3.63, 3.8) is 0 Å². The Morgan fingerprint density at radius 1 is 0.344 bits per heavy atom. The van der Waals surface area contributed by atoms with E-state index in [1.165, 1.54) is 53.2 Å². The van der Waals surface area contributed by atoms with E-state index in [2.05, 4.69) is 217 Å². The van der Waals surface area contributed by atoms with E-state index in [0.29, 0.717) is 0 Å². The third-order valence-electron chi connectivity index (χ3n) is 12.1. The minimum Gasteiger partial charge on any atom is -0.455 e. The number of fused-ring (bicyclic) bond motifs is 7. The Bertz CT molecular complexity index is 3430. The zero-order valence-corrected chi connectivity index (χ0v) is 33.9. The maximum Gasteiger partial charge on any atom is 0.143 e. The fourth-order valence-corrected chi connectivity index (χ4v) is 10.4. The second kappa shape index (κ2) is 14.5. The van der Waals surface area contributed by atoms with Crippen LogP contribution in [-0.4, -0.2) is 0 Å². The summed E-state index contributed by atoms with van der Waals surface area (Å²) in [6.45, 7) is 0. The molecule has 3 heteroatoms. The minimum atomic E-state index is 0.904. The summed E-state index contributed by atoms with van der Waals surface area (Å²) in [7, 11) is 0. The third-order valence-corrected chi connectivity index (χ3v) is 13.3. The van der Waals surface area contributed by atoms with Crippen LogP contribution in [0, 0.1) is 0 Å². The van der Waals surface area contributed by atoms with Crippen LogP contribution in [0.3, 0.4) is 0 Å². The molecule has 0 bridgehead atoms. The van der Waals surface area contributed by atoms with E-state index in [0.717, 1.165) is 61.3 Å². The molecule has 12 rings (SSSR count). The van der Waals surface area contributed by atoms with E-state index in [9.17, 15) is 0 Å². The monoisotopic (exact) mass is 795 g/mol. The zero-order chi connectivity index (χ0) is 40.3. The van der Waals surface area contributed by atoms with Crippen LogP contribution in [0.2, 0.25) is 0 Å². The van der Waals surface area contributed by atoms with E-state index in [-0.39, 0.29) is 0 Å². The van der Waals surface area contributed by atoms with Gasteiger partial charge in [-0.25, -0.2) is 0 Å². The van der Waals surface area contributed by atoms with Crippen molar-refractivity contribution in [1.82, 2.24) is 0 Å². The molecular weight excluding hydrogens is 759 g/mol. The predicted octanol–water partition coefficient (Wildman–Crippen LogP) is 17.2. The molecule has 0 unspecified atom stereocenters. The number of nitrogens with zero attached hydrogens (tertiary/aromatic N) is 1. The molecule has 12 aromatic rings. The molecule has 0 fully saturated rings. The van der Waals surface area contributed by atoms with Gasteiger partial charge in [0, 0.05) is 53.4 Å². The van der Waals surface area contributed by atoms with Gasteiger partial charge in [-0.2, -0.15) is 0 Å². The lowest BCUT2D eigenvalue weighted by Gasteiger charge is -2.28. The smallest absolute Gasteiger partial charge is 0.143 e. The van der Waals surface area contributed by atoms with Gasteiger partial charge in [-0.1, -0.05) is 176 Å². The molecule has 2 heterocycles. The van der Waals surface area contributed by atoms with Crippen LogP contribution in [-0.2, 0) is 0 Å². The molecule has 10 aromatic carbocycles. The van der Waals surface area contributed by atoms with Crippen molar-refractivity contribution >= 4 is 81.3 Å². The number of furan rings is 1. The van der Waals surface area contributed by atoms with Crippen LogP contribution in [0.25, 0.3) is 97.4 Å². The molecule has 0 saturated heterocycles. The Morgan fingerprint density at radius 2 is 0.885 bits per heavy atom. The summed E-state index contributed by atoms with van der Waals surface area (Å²) in [6.07, 6.45) is 0. The van der Waals surface area contributed by atoms with Gasteiger partial charge in [0.2, 0.25) is 0 Å². The Labute approximate surface area is 357 Å². The molecule has 0 radical (unpaired) electrons. The van der Waals surface area contributed by atoms with Gasteiger partial charge in [-0.15, -0.1) is 11.3 Å². The second-order valence-electron chi connectivity index (χ2n) is 15.6. The van der Waals surface area contributed by atoms with Gasteiger partial charge in [0.25, 0.3) is 0 Å². The van der Waals surface area contributed by atoms with E-state index >= 15 is 0 Å². The number of hydrogen-bond acceptors (Lipinski definition) is 3. The number of hydrogen-bond donors (Lipinski definition) is 0. The summed E-state index contributed by atoms with van der Waals surface area (Å²) in [5, 5.41) is 7.38. The highest BCUT2D eigenvalue weighted by molar-refractivity contribution is 7.26. The highest BCUT2D eigenvalue weighted by atomic mass is 32.1. The van der Waals surface area contributed by atoms with Crippen LogP contribution in [0.5, 0.6) is 0 Å². The molecule has 0 N–H and O–H groups in total. The zero-order valence-electron chi connectivity index (χ0n) is 33.1. The topological polar surface area (TPSA) is 16.4 Å². The summed E-state index contributed by atoms with van der Waals surface area (Å²) in [4.78, 5) is 2.40. The largest absolute Gasteiger partial charge is 0.455 e. The fraction of sp³-hybridized carbons (Fsp3) is 0. The Balaban J connectivity index is 0.994. The first-order valence-electron chi connectivity index (χ1n) is 20.7. The van der Waals surface area contributed by atoms with Crippen molar-refractivity contribution in [2.75, 3.05) is 4.90 Å². The number of rotatable bonds is 7. The van der Waals surface area contributed by atoms with Gasteiger partial charge < -0.3 is 9.32 Å². The second-order valence-corrected chi connectivity index (χ2v) is 16.7. The van der Waals surface area contributed by atoms with Crippen molar-refractivity contribution in [1.29, 1.82) is 0 Å². The number of thiophene rings is 1. The lowest BCUT2D eigenvalue weighted by Crippen LogP contribution is -2.11. The summed E-state index contributed by atoms with van der Waals surface area (Å²) < 4.78 is 9.10. The molecule has 0 aliphatic rings. The first-order chi connectivity index (χ1) is 30.2. The van der Waals surface area contributed by atoms with E-state index in [4.69, 9.17) is 4.42 Å². The van der Waals surface area contributed by atoms with Crippen LogP contribution >= 0.6 is 11.3 Å². The number of benzene rings is 10. The quantitative estimate of drug-likeness (QED) is 0.160. The molecule has 0 aliphatic carbocycles. The normalized spacial score (nSPS) is 11.6. The van der Waals surface area contributed by atoms with E-state index < -0.39 is 0 Å². The van der Waals surface area contributed by atoms with Gasteiger partial charge in [0.1, 0.15) is 11.2 Å². The van der Waals surface area contributed by atoms with Crippen molar-refractivity contribution in [3.05, 3.63) is 224 Å². The van der Waals surface area contributed by atoms with Crippen LogP contribution < -0.4 is 4.90 Å². The van der Waals surface area contributed by atoms with Gasteiger partial charge >= 0.3 is 0 Å². The molecule has 61 heavy (non-hydrogen) atoms. The molecule has 0 saturated carbocycles. The van der Waals surface area contributed by atoms with Gasteiger partial charge in [-0.3, -0.25) is 0 Å². The van der Waals surface area contributed by atoms with Gasteiger partial charge in [0.05, 0.1) is 5.69 Å². The van der Waals surface area contributed by atoms with Crippen molar-refractivity contribution in [2.24, 2.45) is 0 Å². The summed E-state index contributed by atoms with van der Waals surface area (Å²) >= 11 is 1.87. The maximum absolute atomic E-state index is 6.47. The Hall–Kier alpha value is -7.72. The van der Waals surface area contributed by atoms with Crippen LogP contribution in [0.15, 0.2) is 229 Å². The molecule has 0 amide bonds. The number of anilines is 3. The van der Waals surface area contributed by atoms with E-state index in [1.807, 2.05) is 23.5 Å². The highest BCUT2D eigenvalue weighted by Crippen LogP contribution is 2.45.